The molecule has 2 heterocycles. The number of aromatic amines is 1. The Balaban J connectivity index is 1.66. The van der Waals surface area contributed by atoms with Crippen molar-refractivity contribution in [3.8, 4) is 0 Å². The van der Waals surface area contributed by atoms with Crippen LogP contribution >= 0.6 is 23.2 Å². The van der Waals surface area contributed by atoms with Crippen molar-refractivity contribution in [1.29, 1.82) is 0 Å². The van der Waals surface area contributed by atoms with Crippen LogP contribution in [0.4, 0.5) is 16.0 Å². The zero-order valence-electron chi connectivity index (χ0n) is 16.4. The number of benzene rings is 1. The summed E-state index contributed by atoms with van der Waals surface area (Å²) in [5.74, 6) is -2.16. The van der Waals surface area contributed by atoms with E-state index in [1.54, 1.807) is 0 Å². The number of carbonyl (C=O) groups is 2. The van der Waals surface area contributed by atoms with Crippen LogP contribution in [0, 0.1) is 5.82 Å². The van der Waals surface area contributed by atoms with Crippen LogP contribution in [-0.4, -0.2) is 53.6 Å². The van der Waals surface area contributed by atoms with E-state index < -0.39 is 32.9 Å². The molecule has 2 aromatic heterocycles. The van der Waals surface area contributed by atoms with E-state index in [1.807, 2.05) is 0 Å². The molecule has 0 fully saturated rings. The maximum Gasteiger partial charge on any atom is 0.272 e. The molecule has 0 radical (unpaired) electrons. The van der Waals surface area contributed by atoms with Crippen LogP contribution < -0.4 is 10.6 Å². The van der Waals surface area contributed by atoms with Crippen molar-refractivity contribution in [1.82, 2.24) is 15.0 Å². The highest BCUT2D eigenvalue weighted by Gasteiger charge is 2.22. The quantitative estimate of drug-likeness (QED) is 0.320. The average Bonchev–Trinajstić information content (AvgIpc) is 3.22. The molecule has 3 aromatic rings. The van der Waals surface area contributed by atoms with Crippen LogP contribution in [0.2, 0.25) is 10.0 Å². The molecule has 0 bridgehead atoms. The predicted molar refractivity (Wildman–Crippen MR) is 119 cm³/mol. The molecule has 0 unspecified atom stereocenters. The first-order valence-electron chi connectivity index (χ1n) is 8.97. The van der Waals surface area contributed by atoms with Crippen molar-refractivity contribution in [3.63, 3.8) is 0 Å². The molecule has 13 heteroatoms. The number of nitrogens with one attached hydrogen (secondary N) is 3. The molecule has 3 rings (SSSR count). The van der Waals surface area contributed by atoms with Crippen LogP contribution in [0.15, 0.2) is 36.8 Å². The molecule has 0 spiro atoms. The van der Waals surface area contributed by atoms with E-state index in [0.717, 1.165) is 6.26 Å². The minimum atomic E-state index is -3.12. The number of aromatic nitrogens is 3. The molecular weight excluding hydrogens is 484 g/mol. The van der Waals surface area contributed by atoms with Gasteiger partial charge in [-0.15, -0.1) is 0 Å². The van der Waals surface area contributed by atoms with Crippen molar-refractivity contribution in [2.24, 2.45) is 0 Å². The van der Waals surface area contributed by atoms with Crippen molar-refractivity contribution >= 4 is 56.4 Å². The number of ketones is 1. The number of nitrogens with zero attached hydrogens (tertiary/aromatic N) is 2. The molecule has 3 N–H and O–H groups in total. The Hall–Kier alpha value is -3.02. The lowest BCUT2D eigenvalue weighted by molar-refractivity contribution is 0.102. The highest BCUT2D eigenvalue weighted by Crippen LogP contribution is 2.28. The Morgan fingerprint density at radius 1 is 1.16 bits per heavy atom. The zero-order chi connectivity index (χ0) is 23.5. The van der Waals surface area contributed by atoms with Crippen LogP contribution in [-0.2, 0) is 9.84 Å². The first kappa shape index (κ1) is 23.6. The molecule has 0 saturated carbocycles. The summed E-state index contributed by atoms with van der Waals surface area (Å²) >= 11 is 11.7. The van der Waals surface area contributed by atoms with Gasteiger partial charge in [-0.3, -0.25) is 9.59 Å². The third kappa shape index (κ3) is 5.81. The molecule has 32 heavy (non-hydrogen) atoms. The molecule has 168 valence electrons. The highest BCUT2D eigenvalue weighted by molar-refractivity contribution is 7.90. The average molecular weight is 500 g/mol. The van der Waals surface area contributed by atoms with Crippen LogP contribution in [0.5, 0.6) is 0 Å². The Morgan fingerprint density at radius 2 is 1.81 bits per heavy atom. The third-order valence-electron chi connectivity index (χ3n) is 4.13. The monoisotopic (exact) mass is 499 g/mol. The highest BCUT2D eigenvalue weighted by atomic mass is 35.5. The maximum absolute atomic E-state index is 14.2. The largest absolute Gasteiger partial charge is 0.356 e. The summed E-state index contributed by atoms with van der Waals surface area (Å²) in [5, 5.41) is 4.93. The van der Waals surface area contributed by atoms with E-state index in [2.05, 4.69) is 25.6 Å². The summed E-state index contributed by atoms with van der Waals surface area (Å²) in [6.07, 6.45) is 5.01. The second-order valence-corrected chi connectivity index (χ2v) is 9.73. The molecular formula is C19H16Cl2FN5O4S. The number of sulfone groups is 1. The summed E-state index contributed by atoms with van der Waals surface area (Å²) in [4.78, 5) is 35.7. The number of anilines is 2. The Bertz CT molecular complexity index is 1280. The smallest absolute Gasteiger partial charge is 0.272 e. The van der Waals surface area contributed by atoms with E-state index in [0.29, 0.717) is 0 Å². The minimum absolute atomic E-state index is 0.0138. The fraction of sp³-hybridized carbons (Fsp3) is 0.158. The van der Waals surface area contributed by atoms with E-state index in [4.69, 9.17) is 23.2 Å². The third-order valence-corrected chi connectivity index (χ3v) is 5.68. The Kier molecular flexibility index (Phi) is 7.12. The van der Waals surface area contributed by atoms with Gasteiger partial charge >= 0.3 is 0 Å². The van der Waals surface area contributed by atoms with Crippen LogP contribution in [0.25, 0.3) is 0 Å². The normalized spacial score (nSPS) is 11.2. The summed E-state index contributed by atoms with van der Waals surface area (Å²) in [6, 6.07) is 3.79. The van der Waals surface area contributed by atoms with Gasteiger partial charge in [-0.25, -0.2) is 22.8 Å². The number of carbonyl (C=O) groups excluding carboxylic acids is 2. The first-order chi connectivity index (χ1) is 15.0. The van der Waals surface area contributed by atoms with Crippen LogP contribution in [0.3, 0.4) is 0 Å². The number of rotatable bonds is 8. The molecule has 0 aliphatic heterocycles. The van der Waals surface area contributed by atoms with Gasteiger partial charge in [0.1, 0.15) is 15.5 Å². The molecule has 0 atom stereocenters. The van der Waals surface area contributed by atoms with Gasteiger partial charge in [-0.1, -0.05) is 23.2 Å². The van der Waals surface area contributed by atoms with Gasteiger partial charge in [0.05, 0.1) is 39.4 Å². The van der Waals surface area contributed by atoms with E-state index >= 15 is 0 Å². The lowest BCUT2D eigenvalue weighted by Crippen LogP contribution is -2.16. The van der Waals surface area contributed by atoms with Crippen molar-refractivity contribution in [2.45, 2.75) is 0 Å². The fourth-order valence-corrected chi connectivity index (χ4v) is 3.43. The Morgan fingerprint density at radius 3 is 2.47 bits per heavy atom. The molecule has 0 saturated heterocycles. The van der Waals surface area contributed by atoms with E-state index in [-0.39, 0.29) is 45.2 Å². The summed E-state index contributed by atoms with van der Waals surface area (Å²) in [5.41, 5.74) is -0.0882. The Labute approximate surface area is 192 Å². The second kappa shape index (κ2) is 9.63. The van der Waals surface area contributed by atoms with Crippen molar-refractivity contribution < 1.29 is 22.4 Å². The standard InChI is InChI=1S/C19H16Cl2FN5O4S/c1-32(30,31)5-4-23-19-25-8-11(9-26-19)27-18(29)14-6-10(7-24-14)17(28)15-12(20)2-3-13(21)16(15)22/h2-3,6-9,24H,4-5H2,1H3,(H,27,29)(H,23,25,26). The van der Waals surface area contributed by atoms with Crippen molar-refractivity contribution in [2.75, 3.05) is 29.2 Å². The summed E-state index contributed by atoms with van der Waals surface area (Å²) in [7, 11) is -3.12. The molecule has 0 aliphatic carbocycles. The lowest BCUT2D eigenvalue weighted by Gasteiger charge is -2.06. The number of amides is 1. The van der Waals surface area contributed by atoms with Gasteiger partial charge in [-0.05, 0) is 18.2 Å². The van der Waals surface area contributed by atoms with Crippen LogP contribution in [0.1, 0.15) is 26.4 Å². The van der Waals surface area contributed by atoms with Gasteiger partial charge in [0, 0.05) is 24.6 Å². The number of hydrogen-bond acceptors (Lipinski definition) is 7. The van der Waals surface area contributed by atoms with E-state index in [9.17, 15) is 22.4 Å². The van der Waals surface area contributed by atoms with Gasteiger partial charge in [0.15, 0.2) is 11.6 Å². The minimum Gasteiger partial charge on any atom is -0.356 e. The second-order valence-electron chi connectivity index (χ2n) is 6.66. The molecule has 0 aliphatic rings. The maximum atomic E-state index is 14.2. The topological polar surface area (TPSA) is 134 Å². The lowest BCUT2D eigenvalue weighted by atomic mass is 10.0. The predicted octanol–water partition coefficient (Wildman–Crippen LogP) is 3.19. The number of H-pyrrole nitrogens is 1. The molecule has 1 aromatic carbocycles. The zero-order valence-corrected chi connectivity index (χ0v) is 18.8. The summed E-state index contributed by atoms with van der Waals surface area (Å²) in [6.45, 7) is 0.140. The SMILES string of the molecule is CS(=O)(=O)CCNc1ncc(NC(=O)c2cc(C(=O)c3c(Cl)ccc(Cl)c3F)c[nH]2)cn1. The van der Waals surface area contributed by atoms with E-state index in [1.165, 1.54) is 36.8 Å². The van der Waals surface area contributed by atoms with Gasteiger partial charge in [0.2, 0.25) is 5.95 Å². The van der Waals surface area contributed by atoms with Gasteiger partial charge in [-0.2, -0.15) is 0 Å². The van der Waals surface area contributed by atoms with Crippen molar-refractivity contribution in [3.05, 3.63) is 69.5 Å². The number of hydrogen-bond donors (Lipinski definition) is 3. The molecule has 1 amide bonds. The van der Waals surface area contributed by atoms with Gasteiger partial charge in [0.25, 0.3) is 5.91 Å². The first-order valence-corrected chi connectivity index (χ1v) is 11.8. The number of halogens is 3. The fourth-order valence-electron chi connectivity index (χ4n) is 2.57. The molecule has 9 nitrogen and oxygen atoms in total. The van der Waals surface area contributed by atoms with Gasteiger partial charge < -0.3 is 15.6 Å². The summed E-state index contributed by atoms with van der Waals surface area (Å²) < 4.78 is 36.5.